The van der Waals surface area contributed by atoms with Crippen LogP contribution in [-0.2, 0) is 4.74 Å². The van der Waals surface area contributed by atoms with Gasteiger partial charge in [-0.15, -0.1) is 0 Å². The van der Waals surface area contributed by atoms with Crippen molar-refractivity contribution in [3.05, 3.63) is 35.1 Å². The zero-order valence-electron chi connectivity index (χ0n) is 12.8. The van der Waals surface area contributed by atoms with Gasteiger partial charge in [-0.25, -0.2) is 4.39 Å². The molecule has 3 heteroatoms. The molecule has 1 aromatic carbocycles. The Morgan fingerprint density at radius 2 is 1.95 bits per heavy atom. The summed E-state index contributed by atoms with van der Waals surface area (Å²) in [6.07, 6.45) is 6.43. The Balaban J connectivity index is 2.21. The summed E-state index contributed by atoms with van der Waals surface area (Å²) < 4.78 is 19.6. The predicted molar refractivity (Wildman–Crippen MR) is 80.3 cm³/mol. The van der Waals surface area contributed by atoms with Crippen molar-refractivity contribution in [1.29, 1.82) is 0 Å². The first-order valence-electron chi connectivity index (χ1n) is 7.63. The van der Waals surface area contributed by atoms with Crippen LogP contribution in [0.1, 0.15) is 49.3 Å². The van der Waals surface area contributed by atoms with E-state index in [0.717, 1.165) is 5.56 Å². The van der Waals surface area contributed by atoms with Crippen LogP contribution in [0.25, 0.3) is 0 Å². The Morgan fingerprint density at radius 1 is 1.25 bits per heavy atom. The van der Waals surface area contributed by atoms with Gasteiger partial charge in [-0.1, -0.05) is 31.4 Å². The van der Waals surface area contributed by atoms with Gasteiger partial charge in [-0.2, -0.15) is 0 Å². The third-order valence-electron chi connectivity index (χ3n) is 4.58. The fourth-order valence-corrected chi connectivity index (χ4v) is 3.39. The Hall–Kier alpha value is -0.930. The van der Waals surface area contributed by atoms with Gasteiger partial charge in [0.15, 0.2) is 0 Å². The molecule has 112 valence electrons. The van der Waals surface area contributed by atoms with Crippen LogP contribution in [0.5, 0.6) is 0 Å². The second-order valence-corrected chi connectivity index (χ2v) is 5.87. The van der Waals surface area contributed by atoms with Crippen molar-refractivity contribution in [3.63, 3.8) is 0 Å². The third kappa shape index (κ3) is 3.39. The number of hydrogen-bond acceptors (Lipinski definition) is 2. The summed E-state index contributed by atoms with van der Waals surface area (Å²) in [5.41, 5.74) is 1.67. The molecule has 1 aliphatic carbocycles. The molecule has 0 bridgehead atoms. The van der Waals surface area contributed by atoms with Gasteiger partial charge in [-0.05, 0) is 49.9 Å². The summed E-state index contributed by atoms with van der Waals surface area (Å²) in [6.45, 7) is 1.79. The molecule has 1 N–H and O–H groups in total. The van der Waals surface area contributed by atoms with Crippen LogP contribution in [0, 0.1) is 18.7 Å². The van der Waals surface area contributed by atoms with Gasteiger partial charge in [0, 0.05) is 7.11 Å². The van der Waals surface area contributed by atoms with Crippen LogP contribution in [0.3, 0.4) is 0 Å². The number of halogens is 1. The smallest absolute Gasteiger partial charge is 0.126 e. The molecule has 2 nitrogen and oxygen atoms in total. The maximum Gasteiger partial charge on any atom is 0.126 e. The first-order chi connectivity index (χ1) is 9.67. The number of nitrogens with one attached hydrogen (secondary N) is 1. The average molecular weight is 279 g/mol. The molecule has 1 aromatic rings. The van der Waals surface area contributed by atoms with Crippen LogP contribution in [0.15, 0.2) is 18.2 Å². The van der Waals surface area contributed by atoms with E-state index in [0.29, 0.717) is 11.5 Å². The number of ether oxygens (including phenoxy) is 1. The van der Waals surface area contributed by atoms with Crippen molar-refractivity contribution < 1.29 is 9.13 Å². The second-order valence-electron chi connectivity index (χ2n) is 5.87. The van der Waals surface area contributed by atoms with Gasteiger partial charge >= 0.3 is 0 Å². The van der Waals surface area contributed by atoms with E-state index in [-0.39, 0.29) is 18.0 Å². The van der Waals surface area contributed by atoms with E-state index in [1.807, 2.05) is 19.2 Å². The van der Waals surface area contributed by atoms with Gasteiger partial charge in [0.2, 0.25) is 0 Å². The highest BCUT2D eigenvalue weighted by Gasteiger charge is 2.31. The van der Waals surface area contributed by atoms with E-state index in [1.54, 1.807) is 20.1 Å². The number of aryl methyl sites for hydroxylation is 1. The lowest BCUT2D eigenvalue weighted by Crippen LogP contribution is -2.37. The van der Waals surface area contributed by atoms with Crippen molar-refractivity contribution in [2.24, 2.45) is 5.92 Å². The molecular weight excluding hydrogens is 253 g/mol. The number of methoxy groups -OCH3 is 1. The van der Waals surface area contributed by atoms with Gasteiger partial charge in [-0.3, -0.25) is 0 Å². The number of likely N-dealkylation sites (N-methyl/N-ethyl adjacent to an activating group) is 1. The van der Waals surface area contributed by atoms with E-state index in [9.17, 15) is 4.39 Å². The summed E-state index contributed by atoms with van der Waals surface area (Å²) in [6, 6.07) is 5.56. The molecule has 0 heterocycles. The Morgan fingerprint density at radius 3 is 2.50 bits per heavy atom. The molecule has 2 unspecified atom stereocenters. The highest BCUT2D eigenvalue weighted by molar-refractivity contribution is 5.26. The van der Waals surface area contributed by atoms with E-state index < -0.39 is 0 Å². The van der Waals surface area contributed by atoms with E-state index in [4.69, 9.17) is 4.74 Å². The van der Waals surface area contributed by atoms with E-state index >= 15 is 0 Å². The van der Waals surface area contributed by atoms with E-state index in [2.05, 4.69) is 5.32 Å². The molecule has 20 heavy (non-hydrogen) atoms. The fraction of sp³-hybridized carbons (Fsp3) is 0.647. The normalized spacial score (nSPS) is 19.8. The van der Waals surface area contributed by atoms with Crippen molar-refractivity contribution >= 4 is 0 Å². The van der Waals surface area contributed by atoms with Crippen LogP contribution in [0.4, 0.5) is 4.39 Å². The van der Waals surface area contributed by atoms with Gasteiger partial charge in [0.05, 0.1) is 12.1 Å². The SMILES string of the molecule is CNC(c1ccc(C)c(F)c1)C(OC)C1CCCCC1. The lowest BCUT2D eigenvalue weighted by atomic mass is 9.81. The molecule has 0 saturated heterocycles. The van der Waals surface area contributed by atoms with Crippen LogP contribution in [-0.4, -0.2) is 20.3 Å². The van der Waals surface area contributed by atoms with Gasteiger partial charge in [0.25, 0.3) is 0 Å². The lowest BCUT2D eigenvalue weighted by Gasteiger charge is -2.35. The minimum absolute atomic E-state index is 0.0539. The van der Waals surface area contributed by atoms with Gasteiger partial charge in [0.1, 0.15) is 5.82 Å². The van der Waals surface area contributed by atoms with Crippen LogP contribution in [0.2, 0.25) is 0 Å². The first-order valence-corrected chi connectivity index (χ1v) is 7.63. The maximum absolute atomic E-state index is 13.8. The highest BCUT2D eigenvalue weighted by atomic mass is 19.1. The molecule has 0 radical (unpaired) electrons. The Bertz CT molecular complexity index is 429. The average Bonchev–Trinajstić information content (AvgIpc) is 2.48. The molecule has 0 aliphatic heterocycles. The largest absolute Gasteiger partial charge is 0.379 e. The summed E-state index contributed by atoms with van der Waals surface area (Å²) in [5, 5.41) is 3.32. The molecule has 0 aromatic heterocycles. The summed E-state index contributed by atoms with van der Waals surface area (Å²) in [5.74, 6) is 0.428. The molecular formula is C17H26FNO. The predicted octanol–water partition coefficient (Wildman–Crippen LogP) is 3.99. The molecule has 0 spiro atoms. The zero-order valence-corrected chi connectivity index (χ0v) is 12.8. The minimum atomic E-state index is -0.138. The van der Waals surface area contributed by atoms with Crippen molar-refractivity contribution in [1.82, 2.24) is 5.32 Å². The number of benzene rings is 1. The summed E-state index contributed by atoms with van der Waals surface area (Å²) in [4.78, 5) is 0. The third-order valence-corrected chi connectivity index (χ3v) is 4.58. The minimum Gasteiger partial charge on any atom is -0.379 e. The van der Waals surface area contributed by atoms with Crippen molar-refractivity contribution in [2.45, 2.75) is 51.2 Å². The quantitative estimate of drug-likeness (QED) is 0.880. The first kappa shape index (κ1) is 15.5. The molecule has 2 rings (SSSR count). The molecule has 0 amide bonds. The van der Waals surface area contributed by atoms with Crippen LogP contribution >= 0.6 is 0 Å². The Labute approximate surface area is 121 Å². The summed E-state index contributed by atoms with van der Waals surface area (Å²) >= 11 is 0. The molecule has 1 saturated carbocycles. The topological polar surface area (TPSA) is 21.3 Å². The standard InChI is InChI=1S/C17H26FNO/c1-12-9-10-14(11-15(12)18)16(19-2)17(20-3)13-7-5-4-6-8-13/h9-11,13,16-17,19H,4-8H2,1-3H3. The van der Waals surface area contributed by atoms with Gasteiger partial charge < -0.3 is 10.1 Å². The monoisotopic (exact) mass is 279 g/mol. The lowest BCUT2D eigenvalue weighted by molar-refractivity contribution is 0.00935. The zero-order chi connectivity index (χ0) is 14.5. The molecule has 2 atom stereocenters. The number of hydrogen-bond donors (Lipinski definition) is 1. The van der Waals surface area contributed by atoms with Crippen LogP contribution < -0.4 is 5.32 Å². The fourth-order valence-electron chi connectivity index (χ4n) is 3.39. The van der Waals surface area contributed by atoms with Crippen molar-refractivity contribution in [3.8, 4) is 0 Å². The molecule has 1 aliphatic rings. The van der Waals surface area contributed by atoms with Crippen molar-refractivity contribution in [2.75, 3.05) is 14.2 Å². The summed E-state index contributed by atoms with van der Waals surface area (Å²) in [7, 11) is 3.70. The second kappa shape index (κ2) is 7.19. The number of rotatable bonds is 5. The highest BCUT2D eigenvalue weighted by Crippen LogP contribution is 2.34. The molecule has 1 fully saturated rings. The Kier molecular flexibility index (Phi) is 5.55. The van der Waals surface area contributed by atoms with E-state index in [1.165, 1.54) is 32.1 Å². The maximum atomic E-state index is 13.8.